The minimum atomic E-state index is -1.02. The minimum absolute atomic E-state index is 0.170. The molecule has 2 aromatic heterocycles. The maximum Gasteiger partial charge on any atom is 0.313 e. The number of hydrogen-bond acceptors (Lipinski definition) is 8. The van der Waals surface area contributed by atoms with Crippen LogP contribution in [0, 0.1) is 0 Å². The van der Waals surface area contributed by atoms with Gasteiger partial charge in [-0.1, -0.05) is 11.6 Å². The maximum absolute atomic E-state index is 12.6. The Morgan fingerprint density at radius 3 is 2.44 bits per heavy atom. The number of Topliss-reactive ketones (excluding diaryl/α,β-unsaturated/α-hetero) is 1. The van der Waals surface area contributed by atoms with Crippen LogP contribution in [-0.4, -0.2) is 48.3 Å². The van der Waals surface area contributed by atoms with Gasteiger partial charge in [0.1, 0.15) is 12.5 Å². The highest BCUT2D eigenvalue weighted by Gasteiger charge is 2.27. The molecule has 8 nitrogen and oxygen atoms in total. The van der Waals surface area contributed by atoms with Crippen LogP contribution >= 0.6 is 22.9 Å². The fourth-order valence-corrected chi connectivity index (χ4v) is 3.27. The van der Waals surface area contributed by atoms with Gasteiger partial charge in [-0.3, -0.25) is 14.4 Å². The lowest BCUT2D eigenvalue weighted by molar-refractivity contribution is -0.145. The van der Waals surface area contributed by atoms with Gasteiger partial charge in [-0.15, -0.1) is 11.3 Å². The third kappa shape index (κ3) is 5.73. The summed E-state index contributed by atoms with van der Waals surface area (Å²) in [5.41, 5.74) is 0.192. The number of amides is 1. The Morgan fingerprint density at radius 1 is 1.26 bits per heavy atom. The van der Waals surface area contributed by atoms with E-state index in [1.165, 1.54) is 12.4 Å². The van der Waals surface area contributed by atoms with Crippen LogP contribution < -0.4 is 10.2 Å². The van der Waals surface area contributed by atoms with Crippen molar-refractivity contribution in [1.82, 2.24) is 15.3 Å². The molecule has 0 spiro atoms. The number of thiophene rings is 1. The minimum Gasteiger partial charge on any atom is -0.466 e. The number of ketones is 1. The molecule has 1 atom stereocenters. The number of hydrogen-bond donors (Lipinski definition) is 1. The van der Waals surface area contributed by atoms with E-state index in [0.29, 0.717) is 15.2 Å². The van der Waals surface area contributed by atoms with Crippen molar-refractivity contribution in [3.8, 4) is 0 Å². The summed E-state index contributed by atoms with van der Waals surface area (Å²) < 4.78 is 5.27. The lowest BCUT2D eigenvalue weighted by Crippen LogP contribution is -2.34. The number of rotatable bonds is 8. The number of esters is 1. The highest BCUT2D eigenvalue weighted by molar-refractivity contribution is 7.16. The molecule has 2 aromatic rings. The topological polar surface area (TPSA) is 101 Å². The number of carbonyl (C=O) groups excluding carboxylic acids is 3. The van der Waals surface area contributed by atoms with Crippen molar-refractivity contribution < 1.29 is 19.1 Å². The standard InChI is InChI=1S/C17H19ClN4O4S/c1-4-26-14(24)7-11(23)15(12-5-6-13(18)27-12)21-16(25)10-8-19-17(20-9-10)22(2)3/h5-6,8-9,15H,4,7H2,1-3H3,(H,21,25). The van der Waals surface area contributed by atoms with Crippen molar-refractivity contribution in [1.29, 1.82) is 0 Å². The number of carbonyl (C=O) groups is 3. The van der Waals surface area contributed by atoms with Gasteiger partial charge in [0.15, 0.2) is 5.78 Å². The van der Waals surface area contributed by atoms with E-state index in [0.717, 1.165) is 11.3 Å². The van der Waals surface area contributed by atoms with Crippen LogP contribution in [0.5, 0.6) is 0 Å². The molecule has 2 rings (SSSR count). The van der Waals surface area contributed by atoms with Crippen LogP contribution in [-0.2, 0) is 14.3 Å². The highest BCUT2D eigenvalue weighted by Crippen LogP contribution is 2.28. The molecule has 27 heavy (non-hydrogen) atoms. The van der Waals surface area contributed by atoms with Gasteiger partial charge in [0.05, 0.1) is 16.5 Å². The zero-order chi connectivity index (χ0) is 20.0. The normalized spacial score (nSPS) is 11.6. The molecule has 0 saturated carbocycles. The Kier molecular flexibility index (Phi) is 7.26. The fraction of sp³-hybridized carbons (Fsp3) is 0.353. The summed E-state index contributed by atoms with van der Waals surface area (Å²) in [6.07, 6.45) is 2.28. The van der Waals surface area contributed by atoms with E-state index in [1.54, 1.807) is 38.1 Å². The molecular formula is C17H19ClN4O4S. The van der Waals surface area contributed by atoms with Crippen molar-refractivity contribution in [2.75, 3.05) is 25.6 Å². The first-order valence-electron chi connectivity index (χ1n) is 8.05. The third-order valence-electron chi connectivity index (χ3n) is 3.40. The summed E-state index contributed by atoms with van der Waals surface area (Å²) in [5, 5.41) is 2.62. The zero-order valence-electron chi connectivity index (χ0n) is 15.1. The molecule has 0 aromatic carbocycles. The first-order chi connectivity index (χ1) is 12.8. The lowest BCUT2D eigenvalue weighted by Gasteiger charge is -2.16. The number of nitrogens with one attached hydrogen (secondary N) is 1. The first kappa shape index (κ1) is 20.8. The highest BCUT2D eigenvalue weighted by atomic mass is 35.5. The molecule has 0 radical (unpaired) electrons. The maximum atomic E-state index is 12.6. The second kappa shape index (κ2) is 9.43. The van der Waals surface area contributed by atoms with Gasteiger partial charge in [0.25, 0.3) is 5.91 Å². The van der Waals surface area contributed by atoms with Gasteiger partial charge in [-0.2, -0.15) is 0 Å². The quantitative estimate of drug-likeness (QED) is 0.526. The zero-order valence-corrected chi connectivity index (χ0v) is 16.6. The van der Waals surface area contributed by atoms with E-state index in [2.05, 4.69) is 15.3 Å². The van der Waals surface area contributed by atoms with Gasteiger partial charge in [-0.25, -0.2) is 9.97 Å². The monoisotopic (exact) mass is 410 g/mol. The predicted molar refractivity (Wildman–Crippen MR) is 102 cm³/mol. The molecule has 1 amide bonds. The molecule has 1 N–H and O–H groups in total. The van der Waals surface area contributed by atoms with Gasteiger partial charge >= 0.3 is 5.97 Å². The number of nitrogens with zero attached hydrogens (tertiary/aromatic N) is 3. The molecule has 0 aliphatic carbocycles. The predicted octanol–water partition coefficient (Wildman–Crippen LogP) is 2.25. The van der Waals surface area contributed by atoms with Crippen LogP contribution in [0.4, 0.5) is 5.95 Å². The van der Waals surface area contributed by atoms with Gasteiger partial charge in [0, 0.05) is 31.4 Å². The van der Waals surface area contributed by atoms with E-state index in [4.69, 9.17) is 16.3 Å². The van der Waals surface area contributed by atoms with Crippen molar-refractivity contribution in [2.45, 2.75) is 19.4 Å². The molecule has 1 unspecified atom stereocenters. The number of ether oxygens (including phenoxy) is 1. The van der Waals surface area contributed by atoms with Crippen molar-refractivity contribution in [3.63, 3.8) is 0 Å². The summed E-state index contributed by atoms with van der Waals surface area (Å²) in [4.78, 5) is 47.1. The molecule has 0 aliphatic rings. The van der Waals surface area contributed by atoms with Crippen LogP contribution in [0.2, 0.25) is 4.34 Å². The third-order valence-corrected chi connectivity index (χ3v) is 4.70. The van der Waals surface area contributed by atoms with Crippen molar-refractivity contribution in [3.05, 3.63) is 39.3 Å². The molecule has 0 saturated heterocycles. The van der Waals surface area contributed by atoms with Crippen LogP contribution in [0.3, 0.4) is 0 Å². The second-order valence-electron chi connectivity index (χ2n) is 5.66. The van der Waals surface area contributed by atoms with Crippen LogP contribution in [0.15, 0.2) is 24.5 Å². The second-order valence-corrected chi connectivity index (χ2v) is 7.41. The Hall–Kier alpha value is -2.52. The summed E-state index contributed by atoms with van der Waals surface area (Å²) in [6, 6.07) is 2.23. The molecule has 10 heteroatoms. The SMILES string of the molecule is CCOC(=O)CC(=O)C(NC(=O)c1cnc(N(C)C)nc1)c1ccc(Cl)s1. The van der Waals surface area contributed by atoms with E-state index >= 15 is 0 Å². The molecule has 0 aliphatic heterocycles. The molecule has 0 fully saturated rings. The summed E-state index contributed by atoms with van der Waals surface area (Å²) in [6.45, 7) is 1.82. The Labute approximate surface area is 165 Å². The average molecular weight is 411 g/mol. The smallest absolute Gasteiger partial charge is 0.313 e. The van der Waals surface area contributed by atoms with Crippen LogP contribution in [0.25, 0.3) is 0 Å². The first-order valence-corrected chi connectivity index (χ1v) is 9.25. The number of halogens is 1. The Morgan fingerprint density at radius 2 is 1.93 bits per heavy atom. The molecular weight excluding hydrogens is 392 g/mol. The van der Waals surface area contributed by atoms with Crippen molar-refractivity contribution >= 4 is 46.5 Å². The largest absolute Gasteiger partial charge is 0.466 e. The molecule has 144 valence electrons. The van der Waals surface area contributed by atoms with Gasteiger partial charge in [0.2, 0.25) is 5.95 Å². The Balaban J connectivity index is 2.19. The number of anilines is 1. The average Bonchev–Trinajstić information content (AvgIpc) is 3.05. The van der Waals surface area contributed by atoms with Crippen LogP contribution in [0.1, 0.15) is 34.6 Å². The summed E-state index contributed by atoms with van der Waals surface area (Å²) in [7, 11) is 3.55. The van der Waals surface area contributed by atoms with Gasteiger partial charge in [-0.05, 0) is 19.1 Å². The van der Waals surface area contributed by atoms with Crippen molar-refractivity contribution in [2.24, 2.45) is 0 Å². The van der Waals surface area contributed by atoms with E-state index in [9.17, 15) is 14.4 Å². The van der Waals surface area contributed by atoms with E-state index in [1.807, 2.05) is 0 Å². The fourth-order valence-electron chi connectivity index (χ4n) is 2.13. The van der Waals surface area contributed by atoms with Gasteiger partial charge < -0.3 is 15.0 Å². The van der Waals surface area contributed by atoms with E-state index < -0.39 is 30.1 Å². The lowest BCUT2D eigenvalue weighted by atomic mass is 10.1. The molecule has 0 bridgehead atoms. The van der Waals surface area contributed by atoms with E-state index in [-0.39, 0.29) is 12.2 Å². The molecule has 2 heterocycles. The summed E-state index contributed by atoms with van der Waals surface area (Å²) in [5.74, 6) is -1.23. The summed E-state index contributed by atoms with van der Waals surface area (Å²) >= 11 is 7.09. The number of aromatic nitrogens is 2. The Bertz CT molecular complexity index is 823.